The van der Waals surface area contributed by atoms with Crippen LogP contribution in [-0.4, -0.2) is 38.0 Å². The van der Waals surface area contributed by atoms with Gasteiger partial charge in [-0.15, -0.1) is 15.3 Å². The van der Waals surface area contributed by atoms with Gasteiger partial charge >= 0.3 is 0 Å². The van der Waals surface area contributed by atoms with E-state index in [1.807, 2.05) is 23.1 Å². The number of hydrogen-bond donors (Lipinski definition) is 0. The van der Waals surface area contributed by atoms with E-state index < -0.39 is 0 Å². The van der Waals surface area contributed by atoms with Crippen LogP contribution in [0, 0.1) is 0 Å². The van der Waals surface area contributed by atoms with E-state index in [-0.39, 0.29) is 5.91 Å². The van der Waals surface area contributed by atoms with E-state index >= 15 is 0 Å². The second-order valence-electron chi connectivity index (χ2n) is 4.99. The summed E-state index contributed by atoms with van der Waals surface area (Å²) in [5.41, 5.74) is 2.31. The maximum atomic E-state index is 12.5. The van der Waals surface area contributed by atoms with E-state index in [4.69, 9.17) is 0 Å². The Kier molecular flexibility index (Phi) is 3.55. The standard InChI is InChI=1S/C14H13N5OS2/c20-12(8-21-14-17-19-9-15-16-13(19)22-14)18-7-3-5-10-4-1-2-6-11(10)18/h1-2,4,6,9H,3,5,7-8H2. The van der Waals surface area contributed by atoms with Gasteiger partial charge in [0.1, 0.15) is 6.33 Å². The maximum absolute atomic E-state index is 12.5. The molecule has 0 unspecified atom stereocenters. The third-order valence-corrected chi connectivity index (χ3v) is 5.63. The van der Waals surface area contributed by atoms with Gasteiger partial charge in [-0.3, -0.25) is 4.79 Å². The lowest BCUT2D eigenvalue weighted by Crippen LogP contribution is -2.36. The van der Waals surface area contributed by atoms with Crippen LogP contribution in [0.3, 0.4) is 0 Å². The van der Waals surface area contributed by atoms with Crippen molar-refractivity contribution in [3.05, 3.63) is 36.2 Å². The monoisotopic (exact) mass is 331 g/mol. The molecule has 1 aromatic carbocycles. The number of hydrogen-bond acceptors (Lipinski definition) is 6. The molecule has 3 heterocycles. The summed E-state index contributed by atoms with van der Waals surface area (Å²) >= 11 is 2.90. The SMILES string of the molecule is O=C(CSc1nn2cnnc2s1)N1CCCc2ccccc21. The van der Waals surface area contributed by atoms with Crippen molar-refractivity contribution in [1.29, 1.82) is 0 Å². The zero-order valence-corrected chi connectivity index (χ0v) is 13.3. The van der Waals surface area contributed by atoms with E-state index in [2.05, 4.69) is 21.4 Å². The summed E-state index contributed by atoms with van der Waals surface area (Å²) in [4.78, 5) is 15.2. The minimum atomic E-state index is 0.128. The highest BCUT2D eigenvalue weighted by Gasteiger charge is 2.22. The third kappa shape index (κ3) is 2.48. The van der Waals surface area contributed by atoms with Crippen molar-refractivity contribution in [3.63, 3.8) is 0 Å². The fraction of sp³-hybridized carbons (Fsp3) is 0.286. The third-order valence-electron chi connectivity index (χ3n) is 3.60. The number of amides is 1. The second kappa shape index (κ2) is 5.69. The maximum Gasteiger partial charge on any atom is 0.237 e. The van der Waals surface area contributed by atoms with Crippen LogP contribution in [0.4, 0.5) is 5.69 Å². The van der Waals surface area contributed by atoms with Crippen LogP contribution in [0.25, 0.3) is 4.96 Å². The molecule has 2 aromatic heterocycles. The van der Waals surface area contributed by atoms with E-state index in [9.17, 15) is 4.79 Å². The predicted octanol–water partition coefficient (Wildman–Crippen LogP) is 2.26. The number of aromatic nitrogens is 4. The molecule has 22 heavy (non-hydrogen) atoms. The summed E-state index contributed by atoms with van der Waals surface area (Å²) in [6.45, 7) is 0.793. The molecule has 0 bridgehead atoms. The quantitative estimate of drug-likeness (QED) is 0.689. The number of thioether (sulfide) groups is 1. The minimum Gasteiger partial charge on any atom is -0.311 e. The number of nitrogens with zero attached hydrogens (tertiary/aromatic N) is 5. The molecule has 0 N–H and O–H groups in total. The van der Waals surface area contributed by atoms with E-state index in [0.29, 0.717) is 5.75 Å². The van der Waals surface area contributed by atoms with Crippen molar-refractivity contribution in [2.24, 2.45) is 0 Å². The highest BCUT2D eigenvalue weighted by molar-refractivity contribution is 8.01. The molecule has 1 aliphatic rings. The van der Waals surface area contributed by atoms with Crippen molar-refractivity contribution >= 4 is 39.7 Å². The Bertz CT molecular complexity index is 799. The fourth-order valence-corrected chi connectivity index (χ4v) is 4.33. The summed E-state index contributed by atoms with van der Waals surface area (Å²) in [6.07, 6.45) is 3.63. The number of carbonyl (C=O) groups excluding carboxylic acids is 1. The smallest absolute Gasteiger partial charge is 0.237 e. The average molecular weight is 331 g/mol. The summed E-state index contributed by atoms with van der Waals surface area (Å²) in [7, 11) is 0. The fourth-order valence-electron chi connectivity index (χ4n) is 2.59. The van der Waals surface area contributed by atoms with Crippen LogP contribution in [0.1, 0.15) is 12.0 Å². The highest BCUT2D eigenvalue weighted by Crippen LogP contribution is 2.29. The lowest BCUT2D eigenvalue weighted by atomic mass is 10.0. The first-order valence-corrected chi connectivity index (χ1v) is 8.79. The molecule has 0 radical (unpaired) electrons. The van der Waals surface area contributed by atoms with Gasteiger partial charge in [0.05, 0.1) is 5.75 Å². The normalized spacial score (nSPS) is 14.3. The molecule has 1 amide bonds. The lowest BCUT2D eigenvalue weighted by Gasteiger charge is -2.29. The van der Waals surface area contributed by atoms with Crippen molar-refractivity contribution in [3.8, 4) is 0 Å². The topological polar surface area (TPSA) is 63.4 Å². The predicted molar refractivity (Wildman–Crippen MR) is 86.5 cm³/mol. The number of anilines is 1. The Morgan fingerprint density at radius 3 is 3.18 bits per heavy atom. The van der Waals surface area contributed by atoms with E-state index in [1.165, 1.54) is 28.7 Å². The molecule has 4 rings (SSSR count). The van der Waals surface area contributed by atoms with Crippen molar-refractivity contribution in [2.45, 2.75) is 17.2 Å². The molecule has 112 valence electrons. The number of carbonyl (C=O) groups is 1. The van der Waals surface area contributed by atoms with Crippen LogP contribution in [0.15, 0.2) is 34.9 Å². The molecule has 0 saturated carbocycles. The van der Waals surface area contributed by atoms with Crippen molar-refractivity contribution in [1.82, 2.24) is 19.8 Å². The average Bonchev–Trinajstić information content (AvgIpc) is 3.13. The van der Waals surface area contributed by atoms with Gasteiger partial charge in [0, 0.05) is 12.2 Å². The first-order chi connectivity index (χ1) is 10.8. The molecule has 6 nitrogen and oxygen atoms in total. The zero-order valence-electron chi connectivity index (χ0n) is 11.7. The largest absolute Gasteiger partial charge is 0.311 e. The van der Waals surface area contributed by atoms with E-state index in [0.717, 1.165) is 34.4 Å². The first-order valence-electron chi connectivity index (χ1n) is 6.99. The van der Waals surface area contributed by atoms with Gasteiger partial charge in [-0.2, -0.15) is 4.52 Å². The summed E-state index contributed by atoms with van der Waals surface area (Å²) in [5, 5.41) is 12.1. The summed E-state index contributed by atoms with van der Waals surface area (Å²) in [5.74, 6) is 0.515. The number of benzene rings is 1. The van der Waals surface area contributed by atoms with Gasteiger partial charge in [0.15, 0.2) is 4.34 Å². The Balaban J connectivity index is 1.47. The van der Waals surface area contributed by atoms with Gasteiger partial charge in [0.2, 0.25) is 10.9 Å². The Morgan fingerprint density at radius 1 is 1.36 bits per heavy atom. The summed E-state index contributed by atoms with van der Waals surface area (Å²) in [6, 6.07) is 8.15. The van der Waals surface area contributed by atoms with Gasteiger partial charge in [-0.05, 0) is 24.5 Å². The Morgan fingerprint density at radius 2 is 2.27 bits per heavy atom. The molecule has 0 fully saturated rings. The van der Waals surface area contributed by atoms with E-state index in [1.54, 1.807) is 10.8 Å². The first kappa shape index (κ1) is 13.7. The Labute approximate surface area is 135 Å². The molecule has 0 saturated heterocycles. The van der Waals surface area contributed by atoms with Crippen LogP contribution in [-0.2, 0) is 11.2 Å². The van der Waals surface area contributed by atoms with Crippen LogP contribution in [0.2, 0.25) is 0 Å². The van der Waals surface area contributed by atoms with Gasteiger partial charge in [0.25, 0.3) is 0 Å². The van der Waals surface area contributed by atoms with Gasteiger partial charge in [-0.1, -0.05) is 41.3 Å². The van der Waals surface area contributed by atoms with Crippen molar-refractivity contribution in [2.75, 3.05) is 17.2 Å². The molecule has 8 heteroatoms. The van der Waals surface area contributed by atoms with Gasteiger partial charge in [-0.25, -0.2) is 0 Å². The second-order valence-corrected chi connectivity index (χ2v) is 7.17. The number of aryl methyl sites for hydroxylation is 1. The summed E-state index contributed by atoms with van der Waals surface area (Å²) < 4.78 is 2.47. The van der Waals surface area contributed by atoms with Crippen LogP contribution >= 0.6 is 23.1 Å². The number of para-hydroxylation sites is 1. The molecular weight excluding hydrogens is 318 g/mol. The number of rotatable bonds is 3. The zero-order chi connectivity index (χ0) is 14.9. The molecule has 0 aliphatic carbocycles. The molecule has 1 aliphatic heterocycles. The van der Waals surface area contributed by atoms with Crippen LogP contribution in [0.5, 0.6) is 0 Å². The minimum absolute atomic E-state index is 0.128. The number of fused-ring (bicyclic) bond motifs is 2. The molecular formula is C14H13N5OS2. The lowest BCUT2D eigenvalue weighted by molar-refractivity contribution is -0.116. The highest BCUT2D eigenvalue weighted by atomic mass is 32.2. The molecule has 0 atom stereocenters. The molecule has 0 spiro atoms. The van der Waals surface area contributed by atoms with Crippen LogP contribution < -0.4 is 4.90 Å². The Hall–Kier alpha value is -1.93. The van der Waals surface area contributed by atoms with Crippen molar-refractivity contribution < 1.29 is 4.79 Å². The molecule has 3 aromatic rings. The van der Waals surface area contributed by atoms with Gasteiger partial charge < -0.3 is 4.90 Å².